The highest BCUT2D eigenvalue weighted by molar-refractivity contribution is 14.1. The minimum Gasteiger partial charge on any atom is -0.321 e. The number of hydrazine groups is 1. The van der Waals surface area contributed by atoms with Crippen molar-refractivity contribution in [1.82, 2.24) is 5.43 Å². The predicted molar refractivity (Wildman–Crippen MR) is 81.1 cm³/mol. The minimum absolute atomic E-state index is 0.300. The van der Waals surface area contributed by atoms with Gasteiger partial charge in [0.05, 0.1) is 5.56 Å². The highest BCUT2D eigenvalue weighted by Crippen LogP contribution is 2.31. The Kier molecular flexibility index (Phi) is 4.87. The number of rotatable bonds is 4. The molecule has 106 valence electrons. The van der Waals surface area contributed by atoms with Gasteiger partial charge in [-0.15, -0.1) is 0 Å². The van der Waals surface area contributed by atoms with Crippen LogP contribution in [-0.2, 0) is 12.7 Å². The molecule has 2 N–H and O–H groups in total. The summed E-state index contributed by atoms with van der Waals surface area (Å²) < 4.78 is 38.7. The highest BCUT2D eigenvalue weighted by atomic mass is 127. The van der Waals surface area contributed by atoms with Gasteiger partial charge in [-0.25, -0.2) is 5.43 Å². The number of alkyl halides is 3. The Hall–Kier alpha value is -1.28. The monoisotopic (exact) mass is 392 g/mol. The van der Waals surface area contributed by atoms with Crippen molar-refractivity contribution >= 4 is 28.3 Å². The summed E-state index contributed by atoms with van der Waals surface area (Å²) in [4.78, 5) is 0. The standard InChI is InChI=1S/C14H12F3IN2/c15-14(16,17)11-6-10(7-12(18)8-11)9-19-20-13-4-2-1-3-5-13/h1-8,19-20H,9H2. The van der Waals surface area contributed by atoms with E-state index in [0.717, 1.165) is 17.8 Å². The van der Waals surface area contributed by atoms with Crippen LogP contribution in [0.5, 0.6) is 0 Å². The van der Waals surface area contributed by atoms with E-state index >= 15 is 0 Å². The van der Waals surface area contributed by atoms with E-state index in [0.29, 0.717) is 15.7 Å². The van der Waals surface area contributed by atoms with Crippen molar-refractivity contribution in [1.29, 1.82) is 0 Å². The molecule has 2 aromatic carbocycles. The van der Waals surface area contributed by atoms with E-state index in [9.17, 15) is 13.2 Å². The van der Waals surface area contributed by atoms with Crippen LogP contribution in [0.4, 0.5) is 18.9 Å². The smallest absolute Gasteiger partial charge is 0.321 e. The first-order chi connectivity index (χ1) is 9.45. The number of halogens is 4. The molecule has 0 atom stereocenters. The zero-order valence-corrected chi connectivity index (χ0v) is 12.5. The molecule has 0 bridgehead atoms. The fourth-order valence-electron chi connectivity index (χ4n) is 1.69. The van der Waals surface area contributed by atoms with E-state index in [2.05, 4.69) is 10.9 Å². The zero-order valence-electron chi connectivity index (χ0n) is 10.3. The molecule has 20 heavy (non-hydrogen) atoms. The van der Waals surface area contributed by atoms with Gasteiger partial charge < -0.3 is 5.43 Å². The molecule has 0 aliphatic carbocycles. The normalized spacial score (nSPS) is 11.4. The Balaban J connectivity index is 2.01. The highest BCUT2D eigenvalue weighted by Gasteiger charge is 2.30. The van der Waals surface area contributed by atoms with Crippen molar-refractivity contribution in [3.63, 3.8) is 0 Å². The molecule has 0 spiro atoms. The average Bonchev–Trinajstić information content (AvgIpc) is 2.38. The maximum atomic E-state index is 12.7. The molecule has 0 radical (unpaired) electrons. The summed E-state index contributed by atoms with van der Waals surface area (Å²) >= 11 is 1.89. The second kappa shape index (κ2) is 6.45. The second-order valence-electron chi connectivity index (χ2n) is 4.19. The SMILES string of the molecule is FC(F)(F)c1cc(I)cc(CNNc2ccccc2)c1. The van der Waals surface area contributed by atoms with Gasteiger partial charge in [-0.05, 0) is 58.5 Å². The number of hydrogen-bond donors (Lipinski definition) is 2. The third-order valence-corrected chi connectivity index (χ3v) is 3.21. The van der Waals surface area contributed by atoms with Crippen LogP contribution < -0.4 is 10.9 Å². The van der Waals surface area contributed by atoms with Gasteiger partial charge in [-0.3, -0.25) is 0 Å². The van der Waals surface area contributed by atoms with Gasteiger partial charge in [-0.1, -0.05) is 18.2 Å². The number of benzene rings is 2. The number of hydrogen-bond acceptors (Lipinski definition) is 2. The topological polar surface area (TPSA) is 24.1 Å². The van der Waals surface area contributed by atoms with Gasteiger partial charge in [0.2, 0.25) is 0 Å². The fourth-order valence-corrected chi connectivity index (χ4v) is 2.42. The van der Waals surface area contributed by atoms with Gasteiger partial charge in [0.1, 0.15) is 0 Å². The summed E-state index contributed by atoms with van der Waals surface area (Å²) in [6, 6.07) is 13.4. The van der Waals surface area contributed by atoms with E-state index in [1.54, 1.807) is 6.07 Å². The lowest BCUT2D eigenvalue weighted by Crippen LogP contribution is -2.21. The summed E-state index contributed by atoms with van der Waals surface area (Å²) in [6.07, 6.45) is -4.32. The molecule has 0 fully saturated rings. The van der Waals surface area contributed by atoms with Crippen molar-refractivity contribution in [3.8, 4) is 0 Å². The molecule has 0 amide bonds. The number of anilines is 1. The summed E-state index contributed by atoms with van der Waals surface area (Å²) in [5, 5.41) is 0. The van der Waals surface area contributed by atoms with Gasteiger partial charge in [0.15, 0.2) is 0 Å². The lowest BCUT2D eigenvalue weighted by atomic mass is 10.1. The maximum Gasteiger partial charge on any atom is 0.416 e. The van der Waals surface area contributed by atoms with Gasteiger partial charge in [0.25, 0.3) is 0 Å². The summed E-state index contributed by atoms with van der Waals surface area (Å²) in [7, 11) is 0. The van der Waals surface area contributed by atoms with Crippen LogP contribution in [0.1, 0.15) is 11.1 Å². The van der Waals surface area contributed by atoms with Crippen LogP contribution >= 0.6 is 22.6 Å². The molecule has 2 aromatic rings. The molecular weight excluding hydrogens is 380 g/mol. The molecular formula is C14H12F3IN2. The lowest BCUT2D eigenvalue weighted by Gasteiger charge is -2.12. The first-order valence-electron chi connectivity index (χ1n) is 5.86. The predicted octanol–water partition coefficient (Wildman–Crippen LogP) is 4.43. The Morgan fingerprint density at radius 1 is 1.00 bits per heavy atom. The van der Waals surface area contributed by atoms with Crippen molar-refractivity contribution in [3.05, 3.63) is 63.2 Å². The van der Waals surface area contributed by atoms with Crippen LogP contribution in [0.3, 0.4) is 0 Å². The van der Waals surface area contributed by atoms with Gasteiger partial charge in [0, 0.05) is 15.8 Å². The molecule has 0 aliphatic heterocycles. The quantitative estimate of drug-likeness (QED) is 0.595. The molecule has 0 saturated carbocycles. The summed E-state index contributed by atoms with van der Waals surface area (Å²) in [6.45, 7) is 0.300. The Morgan fingerprint density at radius 2 is 1.70 bits per heavy atom. The second-order valence-corrected chi connectivity index (χ2v) is 5.44. The van der Waals surface area contributed by atoms with E-state index in [4.69, 9.17) is 0 Å². The lowest BCUT2D eigenvalue weighted by molar-refractivity contribution is -0.137. The van der Waals surface area contributed by atoms with Gasteiger partial charge in [-0.2, -0.15) is 13.2 Å². The van der Waals surface area contributed by atoms with Crippen molar-refractivity contribution in [2.45, 2.75) is 12.7 Å². The summed E-state index contributed by atoms with van der Waals surface area (Å²) in [5.41, 5.74) is 6.65. The molecule has 0 unspecified atom stereocenters. The van der Waals surface area contributed by atoms with Gasteiger partial charge >= 0.3 is 6.18 Å². The van der Waals surface area contributed by atoms with Crippen molar-refractivity contribution < 1.29 is 13.2 Å². The van der Waals surface area contributed by atoms with Crippen molar-refractivity contribution in [2.75, 3.05) is 5.43 Å². The van der Waals surface area contributed by atoms with E-state index in [1.807, 2.05) is 52.9 Å². The van der Waals surface area contributed by atoms with Crippen LogP contribution in [0.25, 0.3) is 0 Å². The Bertz CT molecular complexity index is 570. The molecule has 2 nitrogen and oxygen atoms in total. The van der Waals surface area contributed by atoms with Crippen molar-refractivity contribution in [2.24, 2.45) is 0 Å². The van der Waals surface area contributed by atoms with E-state index in [-0.39, 0.29) is 0 Å². The Labute approximate surface area is 128 Å². The first kappa shape index (κ1) is 15.1. The largest absolute Gasteiger partial charge is 0.416 e. The van der Waals surface area contributed by atoms with Crippen LogP contribution in [0.15, 0.2) is 48.5 Å². The molecule has 0 saturated heterocycles. The molecule has 0 aromatic heterocycles. The van der Waals surface area contributed by atoms with E-state index in [1.165, 1.54) is 0 Å². The number of para-hydroxylation sites is 1. The average molecular weight is 392 g/mol. The minimum atomic E-state index is -4.32. The van der Waals surface area contributed by atoms with E-state index < -0.39 is 11.7 Å². The zero-order chi connectivity index (χ0) is 14.6. The molecule has 2 rings (SSSR count). The molecule has 0 aliphatic rings. The number of nitrogens with one attached hydrogen (secondary N) is 2. The molecule has 0 heterocycles. The summed E-state index contributed by atoms with van der Waals surface area (Å²) in [5.74, 6) is 0. The Morgan fingerprint density at radius 3 is 2.35 bits per heavy atom. The van der Waals surface area contributed by atoms with Crippen LogP contribution in [-0.4, -0.2) is 0 Å². The maximum absolute atomic E-state index is 12.7. The first-order valence-corrected chi connectivity index (χ1v) is 6.93. The third kappa shape index (κ3) is 4.38. The van der Waals surface area contributed by atoms with Crippen LogP contribution in [0, 0.1) is 3.57 Å². The molecule has 6 heteroatoms. The third-order valence-electron chi connectivity index (χ3n) is 2.58. The fraction of sp³-hybridized carbons (Fsp3) is 0.143. The van der Waals surface area contributed by atoms with Crippen LogP contribution in [0.2, 0.25) is 0 Å².